The van der Waals surface area contributed by atoms with E-state index in [0.717, 1.165) is 29.0 Å². The minimum atomic E-state index is 0.746. The second kappa shape index (κ2) is 7.63. The van der Waals surface area contributed by atoms with E-state index in [1.54, 1.807) is 0 Å². The Morgan fingerprint density at radius 1 is 1.08 bits per heavy atom. The molecule has 0 fully saturated rings. The lowest BCUT2D eigenvalue weighted by Gasteiger charge is -2.19. The lowest BCUT2D eigenvalue weighted by molar-refractivity contribution is 0.666. The molecule has 1 aromatic carbocycles. The molecule has 0 radical (unpaired) electrons. The number of rotatable bonds is 4. The Morgan fingerprint density at radius 3 is 2.62 bits per heavy atom. The topological polar surface area (TPSA) is 12.9 Å². The molecule has 0 N–H and O–H groups in total. The maximum Gasteiger partial charge on any atom is 0.0484 e. The van der Waals surface area contributed by atoms with Crippen molar-refractivity contribution < 1.29 is 0 Å². The zero-order valence-corrected chi connectivity index (χ0v) is 14.8. The van der Waals surface area contributed by atoms with Crippen LogP contribution in [0.5, 0.6) is 0 Å². The Morgan fingerprint density at radius 2 is 1.88 bits per heavy atom. The van der Waals surface area contributed by atoms with Gasteiger partial charge in [-0.05, 0) is 73.1 Å². The Bertz CT molecular complexity index is 814. The average molecular weight is 336 g/mol. The monoisotopic (exact) mass is 335 g/mol. The van der Waals surface area contributed by atoms with E-state index in [1.807, 2.05) is 36.5 Å². The van der Waals surface area contributed by atoms with Crippen molar-refractivity contribution in [3.05, 3.63) is 88.7 Å². The van der Waals surface area contributed by atoms with Gasteiger partial charge in [0.05, 0.1) is 0 Å². The zero-order chi connectivity index (χ0) is 16.9. The molecule has 0 saturated carbocycles. The van der Waals surface area contributed by atoms with Gasteiger partial charge in [0, 0.05) is 22.5 Å². The van der Waals surface area contributed by atoms with E-state index in [9.17, 15) is 0 Å². The molecule has 0 unspecified atom stereocenters. The third-order valence-corrected chi connectivity index (χ3v) is 4.90. The number of halogens is 1. The van der Waals surface area contributed by atoms with Crippen LogP contribution in [0.2, 0.25) is 5.02 Å². The van der Waals surface area contributed by atoms with Crippen LogP contribution in [0, 0.1) is 0 Å². The quantitative estimate of drug-likeness (QED) is 0.598. The number of allylic oxidation sites excluding steroid dienone is 5. The SMILES string of the molecule is C=C/C(=C\C(=C/C)c1ccnc2c1CCCC2)c1ccccc1Cl. The van der Waals surface area contributed by atoms with Crippen LogP contribution in [0.25, 0.3) is 11.1 Å². The van der Waals surface area contributed by atoms with E-state index in [4.69, 9.17) is 11.6 Å². The van der Waals surface area contributed by atoms with Crippen molar-refractivity contribution in [2.24, 2.45) is 0 Å². The van der Waals surface area contributed by atoms with Crippen LogP contribution in [-0.4, -0.2) is 4.98 Å². The van der Waals surface area contributed by atoms with Crippen LogP contribution in [0.1, 0.15) is 42.1 Å². The molecule has 0 spiro atoms. The molecule has 1 aromatic heterocycles. The van der Waals surface area contributed by atoms with Gasteiger partial charge in [-0.3, -0.25) is 4.98 Å². The minimum Gasteiger partial charge on any atom is -0.261 e. The molecular weight excluding hydrogens is 314 g/mol. The first-order chi connectivity index (χ1) is 11.7. The molecule has 0 saturated heterocycles. The maximum atomic E-state index is 6.37. The van der Waals surface area contributed by atoms with E-state index in [-0.39, 0.29) is 0 Å². The largest absolute Gasteiger partial charge is 0.261 e. The van der Waals surface area contributed by atoms with E-state index in [0.29, 0.717) is 0 Å². The normalized spacial score (nSPS) is 15.1. The maximum absolute atomic E-state index is 6.37. The summed E-state index contributed by atoms with van der Waals surface area (Å²) < 4.78 is 0. The van der Waals surface area contributed by atoms with Gasteiger partial charge in [-0.1, -0.05) is 48.5 Å². The summed E-state index contributed by atoms with van der Waals surface area (Å²) in [5.74, 6) is 0. The first kappa shape index (κ1) is 16.7. The van der Waals surface area contributed by atoms with Crippen LogP contribution in [0.3, 0.4) is 0 Å². The summed E-state index contributed by atoms with van der Waals surface area (Å²) >= 11 is 6.37. The third-order valence-electron chi connectivity index (χ3n) is 4.57. The van der Waals surface area contributed by atoms with E-state index in [1.165, 1.54) is 35.2 Å². The third kappa shape index (κ3) is 3.37. The molecule has 2 heteroatoms. The molecule has 0 atom stereocenters. The Labute approximate surface area is 149 Å². The first-order valence-electron chi connectivity index (χ1n) is 8.47. The van der Waals surface area contributed by atoms with Crippen LogP contribution >= 0.6 is 11.6 Å². The smallest absolute Gasteiger partial charge is 0.0484 e. The van der Waals surface area contributed by atoms with Crippen molar-refractivity contribution in [3.8, 4) is 0 Å². The fraction of sp³-hybridized carbons (Fsp3) is 0.227. The van der Waals surface area contributed by atoms with Crippen molar-refractivity contribution in [1.29, 1.82) is 0 Å². The van der Waals surface area contributed by atoms with E-state index >= 15 is 0 Å². The number of nitrogens with zero attached hydrogens (tertiary/aromatic N) is 1. The van der Waals surface area contributed by atoms with Crippen molar-refractivity contribution in [1.82, 2.24) is 4.98 Å². The fourth-order valence-corrected chi connectivity index (χ4v) is 3.57. The van der Waals surface area contributed by atoms with Gasteiger partial charge in [-0.2, -0.15) is 0 Å². The van der Waals surface area contributed by atoms with E-state index < -0.39 is 0 Å². The van der Waals surface area contributed by atoms with Gasteiger partial charge >= 0.3 is 0 Å². The summed E-state index contributed by atoms with van der Waals surface area (Å²) in [6.45, 7) is 6.06. The standard InChI is InChI=1S/C22H22ClN/c1-3-16(15-17(4-2)19-9-5-7-11-21(19)23)18-13-14-24-22-12-8-6-10-20(18)22/h3-5,7,9,11,13-15H,2,6,8,10,12H2,1H3/b16-3+,17-15+. The Hall–Kier alpha value is -2.12. The Balaban J connectivity index is 2.07. The molecule has 24 heavy (non-hydrogen) atoms. The number of hydrogen-bond donors (Lipinski definition) is 0. The summed E-state index contributed by atoms with van der Waals surface area (Å²) in [4.78, 5) is 4.58. The summed E-state index contributed by atoms with van der Waals surface area (Å²) in [7, 11) is 0. The summed E-state index contributed by atoms with van der Waals surface area (Å²) in [6, 6.07) is 10.0. The molecule has 1 aliphatic rings. The predicted octanol–water partition coefficient (Wildman–Crippen LogP) is 6.29. The minimum absolute atomic E-state index is 0.746. The molecule has 0 bridgehead atoms. The highest BCUT2D eigenvalue weighted by atomic mass is 35.5. The first-order valence-corrected chi connectivity index (χ1v) is 8.85. The molecular formula is C22H22ClN. The van der Waals surface area contributed by atoms with Gasteiger partial charge in [-0.15, -0.1) is 0 Å². The molecule has 0 amide bonds. The lowest BCUT2D eigenvalue weighted by atomic mass is 9.88. The predicted molar refractivity (Wildman–Crippen MR) is 104 cm³/mol. The second-order valence-corrected chi connectivity index (χ2v) is 6.43. The van der Waals surface area contributed by atoms with Gasteiger partial charge < -0.3 is 0 Å². The van der Waals surface area contributed by atoms with Crippen molar-refractivity contribution >= 4 is 22.7 Å². The molecule has 2 aromatic rings. The van der Waals surface area contributed by atoms with Crippen LogP contribution < -0.4 is 0 Å². The van der Waals surface area contributed by atoms with Gasteiger partial charge in [0.15, 0.2) is 0 Å². The Kier molecular flexibility index (Phi) is 5.32. The molecule has 1 heterocycles. The number of hydrogen-bond acceptors (Lipinski definition) is 1. The number of pyridine rings is 1. The molecule has 0 aliphatic heterocycles. The van der Waals surface area contributed by atoms with Gasteiger partial charge in [-0.25, -0.2) is 0 Å². The molecule has 1 aliphatic carbocycles. The summed E-state index contributed by atoms with van der Waals surface area (Å²) in [5, 5.41) is 0.746. The summed E-state index contributed by atoms with van der Waals surface area (Å²) in [6.07, 6.45) is 12.8. The highest BCUT2D eigenvalue weighted by Crippen LogP contribution is 2.32. The fourth-order valence-electron chi connectivity index (χ4n) is 3.32. The lowest BCUT2D eigenvalue weighted by Crippen LogP contribution is -2.08. The number of aryl methyl sites for hydroxylation is 1. The summed E-state index contributed by atoms with van der Waals surface area (Å²) in [5.41, 5.74) is 7.19. The van der Waals surface area contributed by atoms with E-state index in [2.05, 4.69) is 36.7 Å². The van der Waals surface area contributed by atoms with Crippen LogP contribution in [-0.2, 0) is 12.8 Å². The van der Waals surface area contributed by atoms with Crippen molar-refractivity contribution in [2.45, 2.75) is 32.6 Å². The van der Waals surface area contributed by atoms with Gasteiger partial charge in [0.1, 0.15) is 0 Å². The highest BCUT2D eigenvalue weighted by molar-refractivity contribution is 6.32. The van der Waals surface area contributed by atoms with Crippen LogP contribution in [0.15, 0.2) is 61.3 Å². The van der Waals surface area contributed by atoms with Crippen molar-refractivity contribution in [3.63, 3.8) is 0 Å². The van der Waals surface area contributed by atoms with Crippen LogP contribution in [0.4, 0.5) is 0 Å². The molecule has 122 valence electrons. The zero-order valence-electron chi connectivity index (χ0n) is 14.1. The number of benzene rings is 1. The van der Waals surface area contributed by atoms with Gasteiger partial charge in [0.25, 0.3) is 0 Å². The second-order valence-electron chi connectivity index (χ2n) is 6.02. The molecule has 3 rings (SSSR count). The molecule has 1 nitrogen and oxygen atoms in total. The van der Waals surface area contributed by atoms with Gasteiger partial charge in [0.2, 0.25) is 0 Å². The van der Waals surface area contributed by atoms with Crippen molar-refractivity contribution in [2.75, 3.05) is 0 Å². The highest BCUT2D eigenvalue weighted by Gasteiger charge is 2.16. The number of aromatic nitrogens is 1. The number of fused-ring (bicyclic) bond motifs is 1. The average Bonchev–Trinajstić information content (AvgIpc) is 2.63.